The molecule has 0 saturated heterocycles. The van der Waals surface area contributed by atoms with Gasteiger partial charge in [-0.05, 0) is 12.1 Å². The van der Waals surface area contributed by atoms with Crippen molar-refractivity contribution in [3.8, 4) is 5.75 Å². The second-order valence-electron chi connectivity index (χ2n) is 2.82. The number of rotatable bonds is 2. The summed E-state index contributed by atoms with van der Waals surface area (Å²) in [7, 11) is 1.65. The molecule has 0 unspecified atom stereocenters. The minimum atomic E-state index is 0.0911. The number of nitrogens with one attached hydrogen (secondary N) is 1. The van der Waals surface area contributed by atoms with E-state index in [0.29, 0.717) is 0 Å². The molecular weight excluding hydrogens is 312 g/mol. The molecule has 0 bridgehead atoms. The van der Waals surface area contributed by atoms with Crippen molar-refractivity contribution in [2.45, 2.75) is 3.74 Å². The third-order valence-corrected chi connectivity index (χ3v) is 2.93. The first-order valence-corrected chi connectivity index (χ1v) is 5.85. The number of H-pyrrole nitrogens is 1. The summed E-state index contributed by atoms with van der Waals surface area (Å²) < 4.78 is 5.21. The van der Waals surface area contributed by atoms with Gasteiger partial charge in [0, 0.05) is 11.5 Å². The van der Waals surface area contributed by atoms with Crippen LogP contribution in [0.5, 0.6) is 5.75 Å². The molecule has 14 heavy (non-hydrogen) atoms. The molecule has 0 amide bonds. The van der Waals surface area contributed by atoms with Crippen LogP contribution >= 0.6 is 31.9 Å². The van der Waals surface area contributed by atoms with Gasteiger partial charge < -0.3 is 4.74 Å². The molecule has 1 N–H and O–H groups in total. The van der Waals surface area contributed by atoms with Gasteiger partial charge in [-0.1, -0.05) is 31.9 Å². The van der Waals surface area contributed by atoms with Crippen LogP contribution in [0.1, 0.15) is 9.43 Å². The second kappa shape index (κ2) is 3.90. The van der Waals surface area contributed by atoms with E-state index in [2.05, 4.69) is 42.1 Å². The maximum Gasteiger partial charge on any atom is 0.121 e. The van der Waals surface area contributed by atoms with Gasteiger partial charge in [0.25, 0.3) is 0 Å². The fourth-order valence-corrected chi connectivity index (χ4v) is 2.00. The van der Waals surface area contributed by atoms with Crippen molar-refractivity contribution in [3.05, 3.63) is 23.9 Å². The summed E-state index contributed by atoms with van der Waals surface area (Å²) in [4.78, 5) is 0. The van der Waals surface area contributed by atoms with Gasteiger partial charge in [0.15, 0.2) is 0 Å². The molecule has 1 aromatic carbocycles. The van der Waals surface area contributed by atoms with Gasteiger partial charge in [0.2, 0.25) is 0 Å². The largest absolute Gasteiger partial charge is 0.497 e. The number of fused-ring (bicyclic) bond motifs is 1. The number of ether oxygens (including phenoxy) is 1. The van der Waals surface area contributed by atoms with Crippen LogP contribution in [0.4, 0.5) is 0 Å². The molecule has 1 aromatic heterocycles. The lowest BCUT2D eigenvalue weighted by molar-refractivity contribution is 0.415. The highest BCUT2D eigenvalue weighted by molar-refractivity contribution is 9.24. The van der Waals surface area contributed by atoms with E-state index in [1.165, 1.54) is 0 Å². The molecular formula is C9H8Br2N2O. The smallest absolute Gasteiger partial charge is 0.121 e. The molecule has 0 aliphatic carbocycles. The van der Waals surface area contributed by atoms with Crippen LogP contribution < -0.4 is 4.74 Å². The van der Waals surface area contributed by atoms with Crippen LogP contribution in [-0.4, -0.2) is 17.3 Å². The third kappa shape index (κ3) is 1.66. The van der Waals surface area contributed by atoms with E-state index in [4.69, 9.17) is 4.74 Å². The zero-order chi connectivity index (χ0) is 10.1. The first-order valence-electron chi connectivity index (χ1n) is 4.02. The van der Waals surface area contributed by atoms with Crippen molar-refractivity contribution < 1.29 is 4.74 Å². The Bertz CT molecular complexity index is 453. The molecule has 0 radical (unpaired) electrons. The lowest BCUT2D eigenvalue weighted by atomic mass is 10.2. The number of benzene rings is 1. The first-order chi connectivity index (χ1) is 6.72. The molecule has 3 nitrogen and oxygen atoms in total. The Balaban J connectivity index is 2.59. The maximum atomic E-state index is 5.11. The molecule has 0 aliphatic heterocycles. The Labute approximate surface area is 98.1 Å². The van der Waals surface area contributed by atoms with E-state index in [0.717, 1.165) is 22.3 Å². The number of aromatic amines is 1. The standard InChI is InChI=1S/C9H8Br2N2O/c1-14-5-2-3-6-7(4-5)12-13-8(6)9(10)11/h2-4,9H,1H3,(H,12,13). The van der Waals surface area contributed by atoms with E-state index in [-0.39, 0.29) is 3.74 Å². The zero-order valence-electron chi connectivity index (χ0n) is 7.42. The van der Waals surface area contributed by atoms with Crippen LogP contribution in [0.25, 0.3) is 10.9 Å². The van der Waals surface area contributed by atoms with Crippen molar-refractivity contribution in [2.75, 3.05) is 7.11 Å². The highest BCUT2D eigenvalue weighted by atomic mass is 79.9. The molecule has 0 spiro atoms. The first kappa shape index (κ1) is 9.98. The van der Waals surface area contributed by atoms with E-state index in [1.807, 2.05) is 18.2 Å². The summed E-state index contributed by atoms with van der Waals surface area (Å²) in [6.07, 6.45) is 0. The van der Waals surface area contributed by atoms with E-state index < -0.39 is 0 Å². The Morgan fingerprint density at radius 1 is 1.43 bits per heavy atom. The van der Waals surface area contributed by atoms with Crippen LogP contribution in [0.15, 0.2) is 18.2 Å². The molecule has 0 atom stereocenters. The molecule has 0 saturated carbocycles. The second-order valence-corrected chi connectivity index (χ2v) is 5.88. The van der Waals surface area contributed by atoms with E-state index >= 15 is 0 Å². The van der Waals surface area contributed by atoms with Crippen LogP contribution in [-0.2, 0) is 0 Å². The highest BCUT2D eigenvalue weighted by Crippen LogP contribution is 2.33. The Hall–Kier alpha value is -0.550. The Morgan fingerprint density at radius 2 is 2.21 bits per heavy atom. The Morgan fingerprint density at radius 3 is 2.86 bits per heavy atom. The summed E-state index contributed by atoms with van der Waals surface area (Å²) in [6, 6.07) is 5.81. The lowest BCUT2D eigenvalue weighted by Gasteiger charge is -2.00. The third-order valence-electron chi connectivity index (χ3n) is 2.01. The minimum Gasteiger partial charge on any atom is -0.497 e. The minimum absolute atomic E-state index is 0.0911. The van der Waals surface area contributed by atoms with Crippen molar-refractivity contribution in [3.63, 3.8) is 0 Å². The number of halogens is 2. The quantitative estimate of drug-likeness (QED) is 0.862. The molecule has 1 heterocycles. The maximum absolute atomic E-state index is 5.11. The summed E-state index contributed by atoms with van der Waals surface area (Å²) in [6.45, 7) is 0. The van der Waals surface area contributed by atoms with Crippen molar-refractivity contribution in [2.24, 2.45) is 0 Å². The van der Waals surface area contributed by atoms with Crippen LogP contribution in [0.2, 0.25) is 0 Å². The van der Waals surface area contributed by atoms with Crippen molar-refractivity contribution in [1.82, 2.24) is 10.2 Å². The molecule has 74 valence electrons. The molecule has 2 aromatic rings. The average Bonchev–Trinajstić information content (AvgIpc) is 2.59. The fourth-order valence-electron chi connectivity index (χ4n) is 1.31. The molecule has 5 heteroatoms. The van der Waals surface area contributed by atoms with Gasteiger partial charge in [-0.15, -0.1) is 0 Å². The SMILES string of the molecule is COc1ccc2c(C(Br)Br)[nH]nc2c1. The molecule has 2 rings (SSSR count). The van der Waals surface area contributed by atoms with Gasteiger partial charge in [-0.2, -0.15) is 5.10 Å². The van der Waals surface area contributed by atoms with Crippen LogP contribution in [0.3, 0.4) is 0 Å². The number of methoxy groups -OCH3 is 1. The monoisotopic (exact) mass is 318 g/mol. The lowest BCUT2D eigenvalue weighted by Crippen LogP contribution is -1.82. The molecule has 0 fully saturated rings. The van der Waals surface area contributed by atoms with E-state index in [1.54, 1.807) is 7.11 Å². The van der Waals surface area contributed by atoms with Gasteiger partial charge >= 0.3 is 0 Å². The number of hydrogen-bond donors (Lipinski definition) is 1. The fraction of sp³-hybridized carbons (Fsp3) is 0.222. The zero-order valence-corrected chi connectivity index (χ0v) is 10.6. The van der Waals surface area contributed by atoms with Crippen molar-refractivity contribution in [1.29, 1.82) is 0 Å². The van der Waals surface area contributed by atoms with Gasteiger partial charge in [-0.3, -0.25) is 5.10 Å². The summed E-state index contributed by atoms with van der Waals surface area (Å²) in [5.74, 6) is 0.816. The van der Waals surface area contributed by atoms with Crippen LogP contribution in [0, 0.1) is 0 Å². The predicted octanol–water partition coefficient (Wildman–Crippen LogP) is 3.36. The van der Waals surface area contributed by atoms with Gasteiger partial charge in [-0.25, -0.2) is 0 Å². The molecule has 0 aliphatic rings. The number of aromatic nitrogens is 2. The topological polar surface area (TPSA) is 37.9 Å². The summed E-state index contributed by atoms with van der Waals surface area (Å²) in [5, 5.41) is 8.24. The number of nitrogens with zero attached hydrogens (tertiary/aromatic N) is 1. The average molecular weight is 320 g/mol. The Kier molecular flexibility index (Phi) is 2.78. The highest BCUT2D eigenvalue weighted by Gasteiger charge is 2.11. The normalized spacial score (nSPS) is 11.1. The van der Waals surface area contributed by atoms with Crippen molar-refractivity contribution >= 4 is 42.8 Å². The number of hydrogen-bond acceptors (Lipinski definition) is 2. The van der Waals surface area contributed by atoms with Gasteiger partial charge in [0.05, 0.1) is 18.3 Å². The van der Waals surface area contributed by atoms with E-state index in [9.17, 15) is 0 Å². The van der Waals surface area contributed by atoms with Gasteiger partial charge in [0.1, 0.15) is 9.49 Å². The summed E-state index contributed by atoms with van der Waals surface area (Å²) in [5.41, 5.74) is 1.92. The summed E-state index contributed by atoms with van der Waals surface area (Å²) >= 11 is 6.87. The predicted molar refractivity (Wildman–Crippen MR) is 63.2 cm³/mol. The number of alkyl halides is 2.